The zero-order valence-electron chi connectivity index (χ0n) is 11.9. The van der Waals surface area contributed by atoms with Crippen molar-refractivity contribution >= 4 is 29.3 Å². The average Bonchev–Trinajstić information content (AvgIpc) is 2.51. The number of amides is 1. The molecule has 1 heterocycles. The minimum Gasteiger partial charge on any atom is -0.461 e. The van der Waals surface area contributed by atoms with Gasteiger partial charge in [-0.3, -0.25) is 14.5 Å². The van der Waals surface area contributed by atoms with Crippen molar-refractivity contribution in [3.05, 3.63) is 24.3 Å². The first-order valence-electron chi connectivity index (χ1n) is 7.46. The quantitative estimate of drug-likeness (QED) is 0.805. The first kappa shape index (κ1) is 14.4. The first-order chi connectivity index (χ1) is 10.2. The van der Waals surface area contributed by atoms with Gasteiger partial charge in [-0.25, -0.2) is 0 Å². The summed E-state index contributed by atoms with van der Waals surface area (Å²) in [5.41, 5.74) is 0.819. The number of fused-ring (bicyclic) bond motifs is 1. The lowest BCUT2D eigenvalue weighted by Crippen LogP contribution is -2.40. The van der Waals surface area contributed by atoms with E-state index < -0.39 is 0 Å². The monoisotopic (exact) mass is 305 g/mol. The topological polar surface area (TPSA) is 46.6 Å². The van der Waals surface area contributed by atoms with Crippen LogP contribution in [-0.4, -0.2) is 30.3 Å². The second-order valence-electron chi connectivity index (χ2n) is 5.49. The van der Waals surface area contributed by atoms with E-state index in [9.17, 15) is 9.59 Å². The molecule has 1 aromatic rings. The molecule has 2 aliphatic rings. The van der Waals surface area contributed by atoms with Crippen LogP contribution in [0.2, 0.25) is 0 Å². The molecular formula is C16H19NO3S. The van der Waals surface area contributed by atoms with E-state index >= 15 is 0 Å². The van der Waals surface area contributed by atoms with Crippen LogP contribution in [0.1, 0.15) is 32.1 Å². The first-order valence-corrected chi connectivity index (χ1v) is 8.44. The van der Waals surface area contributed by atoms with Crippen molar-refractivity contribution in [2.24, 2.45) is 0 Å². The molecule has 0 bridgehead atoms. The molecule has 0 atom stereocenters. The predicted molar refractivity (Wildman–Crippen MR) is 82.5 cm³/mol. The maximum absolute atomic E-state index is 12.1. The van der Waals surface area contributed by atoms with Crippen molar-refractivity contribution in [1.29, 1.82) is 0 Å². The molecule has 3 rings (SSSR count). The third-order valence-electron chi connectivity index (χ3n) is 3.95. The van der Waals surface area contributed by atoms with Gasteiger partial charge in [-0.2, -0.15) is 0 Å². The molecular weight excluding hydrogens is 286 g/mol. The summed E-state index contributed by atoms with van der Waals surface area (Å²) in [5.74, 6) is 0.0597. The number of benzene rings is 1. The molecule has 112 valence electrons. The van der Waals surface area contributed by atoms with Gasteiger partial charge in [0, 0.05) is 4.90 Å². The van der Waals surface area contributed by atoms with Crippen LogP contribution in [0.25, 0.3) is 0 Å². The van der Waals surface area contributed by atoms with Gasteiger partial charge in [0.15, 0.2) is 0 Å². The normalized spacial score (nSPS) is 19.2. The lowest BCUT2D eigenvalue weighted by Gasteiger charge is -2.29. The highest BCUT2D eigenvalue weighted by atomic mass is 32.2. The van der Waals surface area contributed by atoms with E-state index in [0.717, 1.165) is 36.3 Å². The van der Waals surface area contributed by atoms with Crippen molar-refractivity contribution in [2.75, 3.05) is 17.2 Å². The molecule has 0 radical (unpaired) electrons. The van der Waals surface area contributed by atoms with Crippen LogP contribution in [-0.2, 0) is 14.3 Å². The second kappa shape index (κ2) is 6.52. The smallest absolute Gasteiger partial charge is 0.326 e. The van der Waals surface area contributed by atoms with E-state index in [-0.39, 0.29) is 24.5 Å². The molecule has 1 aliphatic heterocycles. The van der Waals surface area contributed by atoms with E-state index in [1.54, 1.807) is 4.90 Å². The highest BCUT2D eigenvalue weighted by Gasteiger charge is 2.27. The van der Waals surface area contributed by atoms with Gasteiger partial charge in [0.2, 0.25) is 5.91 Å². The maximum atomic E-state index is 12.1. The van der Waals surface area contributed by atoms with Crippen molar-refractivity contribution < 1.29 is 14.3 Å². The number of esters is 1. The number of hydrogen-bond acceptors (Lipinski definition) is 4. The maximum Gasteiger partial charge on any atom is 0.326 e. The Hall–Kier alpha value is -1.49. The minimum atomic E-state index is -0.294. The van der Waals surface area contributed by atoms with E-state index in [1.807, 2.05) is 24.3 Å². The fourth-order valence-electron chi connectivity index (χ4n) is 2.86. The number of carbonyl (C=O) groups excluding carboxylic acids is 2. The van der Waals surface area contributed by atoms with E-state index in [4.69, 9.17) is 4.74 Å². The molecule has 1 amide bonds. The van der Waals surface area contributed by atoms with Gasteiger partial charge in [-0.15, -0.1) is 11.8 Å². The summed E-state index contributed by atoms with van der Waals surface area (Å²) in [4.78, 5) is 26.8. The zero-order valence-corrected chi connectivity index (χ0v) is 12.7. The Kier molecular flexibility index (Phi) is 4.48. The van der Waals surface area contributed by atoms with Crippen LogP contribution in [0.4, 0.5) is 5.69 Å². The van der Waals surface area contributed by atoms with Gasteiger partial charge in [-0.1, -0.05) is 18.6 Å². The standard InChI is InChI=1S/C16H19NO3S/c18-15-11-21-14-9-5-4-8-13(14)17(15)10-16(19)20-12-6-2-1-3-7-12/h4-5,8-9,12H,1-3,6-7,10-11H2. The Morgan fingerprint density at radius 1 is 1.24 bits per heavy atom. The lowest BCUT2D eigenvalue weighted by atomic mass is 9.98. The van der Waals surface area contributed by atoms with Crippen LogP contribution in [0.15, 0.2) is 29.2 Å². The van der Waals surface area contributed by atoms with Crippen LogP contribution in [0, 0.1) is 0 Å². The molecule has 5 heteroatoms. The molecule has 0 aromatic heterocycles. The highest BCUT2D eigenvalue weighted by Crippen LogP contribution is 2.34. The van der Waals surface area contributed by atoms with E-state index in [1.165, 1.54) is 18.2 Å². The summed E-state index contributed by atoms with van der Waals surface area (Å²) < 4.78 is 5.52. The summed E-state index contributed by atoms with van der Waals surface area (Å²) in [7, 11) is 0. The number of thioether (sulfide) groups is 1. The molecule has 1 aliphatic carbocycles. The number of para-hydroxylation sites is 1. The summed E-state index contributed by atoms with van der Waals surface area (Å²) in [6.07, 6.45) is 5.41. The predicted octanol–water partition coefficient (Wildman–Crippen LogP) is 3.00. The van der Waals surface area contributed by atoms with Crippen LogP contribution < -0.4 is 4.90 Å². The third kappa shape index (κ3) is 3.40. The van der Waals surface area contributed by atoms with Crippen LogP contribution >= 0.6 is 11.8 Å². The number of rotatable bonds is 3. The Bertz CT molecular complexity index is 540. The number of hydrogen-bond donors (Lipinski definition) is 0. The largest absolute Gasteiger partial charge is 0.461 e. The van der Waals surface area contributed by atoms with Crippen molar-refractivity contribution in [3.8, 4) is 0 Å². The Morgan fingerprint density at radius 3 is 2.81 bits per heavy atom. The SMILES string of the molecule is O=C(CN1C(=O)CSc2ccccc21)OC1CCCCC1. The van der Waals surface area contributed by atoms with Gasteiger partial charge < -0.3 is 4.74 Å². The van der Waals surface area contributed by atoms with Gasteiger partial charge in [0.1, 0.15) is 12.6 Å². The summed E-state index contributed by atoms with van der Waals surface area (Å²) in [6.45, 7) is 0.0207. The molecule has 0 saturated heterocycles. The number of nitrogens with zero attached hydrogens (tertiary/aromatic N) is 1. The average molecular weight is 305 g/mol. The van der Waals surface area contributed by atoms with E-state index in [0.29, 0.717) is 5.75 Å². The van der Waals surface area contributed by atoms with Gasteiger partial charge >= 0.3 is 5.97 Å². The molecule has 0 unspecified atom stereocenters. The molecule has 0 spiro atoms. The Balaban J connectivity index is 1.66. The summed E-state index contributed by atoms with van der Waals surface area (Å²) in [5, 5.41) is 0. The summed E-state index contributed by atoms with van der Waals surface area (Å²) in [6, 6.07) is 7.69. The molecule has 1 aromatic carbocycles. The minimum absolute atomic E-state index is 0.0207. The van der Waals surface area contributed by atoms with Crippen LogP contribution in [0.3, 0.4) is 0 Å². The highest BCUT2D eigenvalue weighted by molar-refractivity contribution is 8.00. The van der Waals surface area contributed by atoms with Gasteiger partial charge in [0.25, 0.3) is 0 Å². The van der Waals surface area contributed by atoms with E-state index in [2.05, 4.69) is 0 Å². The van der Waals surface area contributed by atoms with Crippen LogP contribution in [0.5, 0.6) is 0 Å². The van der Waals surface area contributed by atoms with Crippen molar-refractivity contribution in [1.82, 2.24) is 0 Å². The molecule has 21 heavy (non-hydrogen) atoms. The Labute approximate surface area is 128 Å². The number of anilines is 1. The fourth-order valence-corrected chi connectivity index (χ4v) is 3.80. The number of ether oxygens (including phenoxy) is 1. The molecule has 1 saturated carbocycles. The molecule has 4 nitrogen and oxygen atoms in total. The third-order valence-corrected chi connectivity index (χ3v) is 4.99. The molecule has 0 N–H and O–H groups in total. The van der Waals surface area contributed by atoms with Gasteiger partial charge in [-0.05, 0) is 37.8 Å². The number of carbonyl (C=O) groups is 2. The fraction of sp³-hybridized carbons (Fsp3) is 0.500. The van der Waals surface area contributed by atoms with Crippen molar-refractivity contribution in [3.63, 3.8) is 0 Å². The van der Waals surface area contributed by atoms with Crippen molar-refractivity contribution in [2.45, 2.75) is 43.1 Å². The zero-order chi connectivity index (χ0) is 14.7. The van der Waals surface area contributed by atoms with Gasteiger partial charge in [0.05, 0.1) is 11.4 Å². The second-order valence-corrected chi connectivity index (χ2v) is 6.50. The Morgan fingerprint density at radius 2 is 2.00 bits per heavy atom. The lowest BCUT2D eigenvalue weighted by molar-refractivity contribution is -0.149. The molecule has 1 fully saturated rings. The summed E-state index contributed by atoms with van der Waals surface area (Å²) >= 11 is 1.52.